The van der Waals surface area contributed by atoms with Crippen molar-refractivity contribution in [3.8, 4) is 0 Å². The Morgan fingerprint density at radius 3 is 2.29 bits per heavy atom. The Bertz CT molecular complexity index is 468. The summed E-state index contributed by atoms with van der Waals surface area (Å²) in [6.45, 7) is 5.43. The summed E-state index contributed by atoms with van der Waals surface area (Å²) >= 11 is 0. The van der Waals surface area contributed by atoms with E-state index >= 15 is 0 Å². The van der Waals surface area contributed by atoms with E-state index in [0.717, 1.165) is 12.0 Å². The Balaban J connectivity index is 2.64. The fourth-order valence-electron chi connectivity index (χ4n) is 2.04. The Morgan fingerprint density at radius 1 is 1.19 bits per heavy atom. The highest BCUT2D eigenvalue weighted by Crippen LogP contribution is 2.22. The number of ether oxygens (including phenoxy) is 1. The highest BCUT2D eigenvalue weighted by Gasteiger charge is 2.18. The van der Waals surface area contributed by atoms with Gasteiger partial charge in [0.25, 0.3) is 0 Å². The number of carboxylic acids is 1. The second-order valence-corrected chi connectivity index (χ2v) is 5.27. The van der Waals surface area contributed by atoms with Crippen LogP contribution in [0.4, 0.5) is 0 Å². The van der Waals surface area contributed by atoms with E-state index < -0.39 is 12.6 Å². The number of carbonyl (C=O) groups excluding carboxylic acids is 1. The zero-order valence-corrected chi connectivity index (χ0v) is 12.8. The van der Waals surface area contributed by atoms with Crippen LogP contribution in [-0.2, 0) is 20.7 Å². The lowest BCUT2D eigenvalue weighted by atomic mass is 9.95. The highest BCUT2D eigenvalue weighted by molar-refractivity contribution is 5.78. The summed E-state index contributed by atoms with van der Waals surface area (Å²) in [5, 5.41) is 11.4. The molecular weight excluding hydrogens is 270 g/mol. The Morgan fingerprint density at radius 2 is 1.81 bits per heavy atom. The van der Waals surface area contributed by atoms with Gasteiger partial charge in [0.15, 0.2) is 0 Å². The van der Waals surface area contributed by atoms with Crippen LogP contribution in [0.15, 0.2) is 24.3 Å². The molecule has 1 atom stereocenters. The van der Waals surface area contributed by atoms with E-state index in [1.54, 1.807) is 0 Å². The smallest absolute Gasteiger partial charge is 0.329 e. The SMILES string of the molecule is CCc1ccc(C(NC(=O)COCC(=O)O)C(C)C)cc1. The second kappa shape index (κ2) is 8.42. The topological polar surface area (TPSA) is 75.6 Å². The van der Waals surface area contributed by atoms with Gasteiger partial charge >= 0.3 is 5.97 Å². The molecule has 0 heterocycles. The number of aliphatic carboxylic acids is 1. The van der Waals surface area contributed by atoms with Gasteiger partial charge in [-0.05, 0) is 23.5 Å². The van der Waals surface area contributed by atoms with Crippen molar-refractivity contribution in [1.82, 2.24) is 5.32 Å². The molecule has 0 spiro atoms. The molecule has 0 aliphatic heterocycles. The summed E-state index contributed by atoms with van der Waals surface area (Å²) < 4.78 is 4.80. The molecule has 5 nitrogen and oxygen atoms in total. The number of nitrogens with one attached hydrogen (secondary N) is 1. The minimum absolute atomic E-state index is 0.114. The quantitative estimate of drug-likeness (QED) is 0.770. The third-order valence-corrected chi connectivity index (χ3v) is 3.19. The lowest BCUT2D eigenvalue weighted by molar-refractivity contribution is -0.143. The van der Waals surface area contributed by atoms with Crippen molar-refractivity contribution < 1.29 is 19.4 Å². The minimum atomic E-state index is -1.08. The average Bonchev–Trinajstić information content (AvgIpc) is 2.44. The lowest BCUT2D eigenvalue weighted by Crippen LogP contribution is -2.34. The maximum Gasteiger partial charge on any atom is 0.329 e. The van der Waals surface area contributed by atoms with Crippen LogP contribution in [0.25, 0.3) is 0 Å². The molecule has 0 aliphatic carbocycles. The van der Waals surface area contributed by atoms with Crippen LogP contribution >= 0.6 is 0 Å². The zero-order valence-electron chi connectivity index (χ0n) is 12.8. The molecule has 1 unspecified atom stereocenters. The van der Waals surface area contributed by atoms with E-state index in [2.05, 4.69) is 24.4 Å². The van der Waals surface area contributed by atoms with Gasteiger partial charge in [0.1, 0.15) is 13.2 Å². The standard InChI is InChI=1S/C16H23NO4/c1-4-12-5-7-13(8-6-12)16(11(2)3)17-14(18)9-21-10-15(19)20/h5-8,11,16H,4,9-10H2,1-3H3,(H,17,18)(H,19,20). The van der Waals surface area contributed by atoms with Crippen LogP contribution in [0.3, 0.4) is 0 Å². The summed E-state index contributed by atoms with van der Waals surface area (Å²) in [4.78, 5) is 22.1. The molecule has 116 valence electrons. The van der Waals surface area contributed by atoms with Gasteiger partial charge in [-0.1, -0.05) is 45.0 Å². The molecule has 5 heteroatoms. The number of hydrogen-bond donors (Lipinski definition) is 2. The summed E-state index contributed by atoms with van der Waals surface area (Å²) in [5.41, 5.74) is 2.28. The van der Waals surface area contributed by atoms with Crippen molar-refractivity contribution in [3.05, 3.63) is 35.4 Å². The Hall–Kier alpha value is -1.88. The number of carboxylic acid groups (broad SMARTS) is 1. The van der Waals surface area contributed by atoms with Crippen LogP contribution in [0, 0.1) is 5.92 Å². The maximum absolute atomic E-state index is 11.8. The predicted molar refractivity (Wildman–Crippen MR) is 80.0 cm³/mol. The molecule has 0 aliphatic rings. The number of rotatable bonds is 8. The van der Waals surface area contributed by atoms with Crippen LogP contribution < -0.4 is 5.32 Å². The zero-order chi connectivity index (χ0) is 15.8. The van der Waals surface area contributed by atoms with Crippen molar-refractivity contribution in [2.75, 3.05) is 13.2 Å². The van der Waals surface area contributed by atoms with E-state index in [4.69, 9.17) is 9.84 Å². The van der Waals surface area contributed by atoms with Gasteiger partial charge in [-0.25, -0.2) is 4.79 Å². The third kappa shape index (κ3) is 5.95. The average molecular weight is 293 g/mol. The molecule has 1 aromatic carbocycles. The normalized spacial score (nSPS) is 12.2. The van der Waals surface area contributed by atoms with E-state index in [1.165, 1.54) is 5.56 Å². The van der Waals surface area contributed by atoms with Gasteiger partial charge < -0.3 is 15.2 Å². The molecular formula is C16H23NO4. The summed E-state index contributed by atoms with van der Waals surface area (Å²) in [7, 11) is 0. The largest absolute Gasteiger partial charge is 0.480 e. The van der Waals surface area contributed by atoms with Gasteiger partial charge in [-0.3, -0.25) is 4.79 Å². The highest BCUT2D eigenvalue weighted by atomic mass is 16.5. The molecule has 1 rings (SSSR count). The summed E-state index contributed by atoms with van der Waals surface area (Å²) in [6, 6.07) is 8.02. The summed E-state index contributed by atoms with van der Waals surface area (Å²) in [6.07, 6.45) is 0.974. The number of carbonyl (C=O) groups is 2. The fourth-order valence-corrected chi connectivity index (χ4v) is 2.04. The van der Waals surface area contributed by atoms with E-state index in [9.17, 15) is 9.59 Å². The molecule has 0 bridgehead atoms. The molecule has 21 heavy (non-hydrogen) atoms. The van der Waals surface area contributed by atoms with Crippen molar-refractivity contribution in [3.63, 3.8) is 0 Å². The first-order valence-electron chi connectivity index (χ1n) is 7.11. The Labute approximate surface area is 125 Å². The van der Waals surface area contributed by atoms with E-state index in [-0.39, 0.29) is 24.5 Å². The Kier molecular flexibility index (Phi) is 6.88. The van der Waals surface area contributed by atoms with Crippen LogP contribution in [-0.4, -0.2) is 30.2 Å². The molecule has 1 aromatic rings. The van der Waals surface area contributed by atoms with Gasteiger partial charge in [0.05, 0.1) is 6.04 Å². The summed E-state index contributed by atoms with van der Waals surface area (Å²) in [5.74, 6) is -1.17. The third-order valence-electron chi connectivity index (χ3n) is 3.19. The van der Waals surface area contributed by atoms with Crippen molar-refractivity contribution >= 4 is 11.9 Å². The number of amides is 1. The molecule has 0 fully saturated rings. The van der Waals surface area contributed by atoms with Crippen molar-refractivity contribution in [2.45, 2.75) is 33.2 Å². The molecule has 0 saturated heterocycles. The van der Waals surface area contributed by atoms with Crippen molar-refractivity contribution in [1.29, 1.82) is 0 Å². The molecule has 0 radical (unpaired) electrons. The number of benzene rings is 1. The van der Waals surface area contributed by atoms with Gasteiger partial charge in [-0.2, -0.15) is 0 Å². The van der Waals surface area contributed by atoms with Crippen LogP contribution in [0.5, 0.6) is 0 Å². The predicted octanol–water partition coefficient (Wildman–Crippen LogP) is 2.16. The maximum atomic E-state index is 11.8. The first kappa shape index (κ1) is 17.2. The number of aryl methyl sites for hydroxylation is 1. The number of hydrogen-bond acceptors (Lipinski definition) is 3. The van der Waals surface area contributed by atoms with Gasteiger partial charge in [0, 0.05) is 0 Å². The van der Waals surface area contributed by atoms with Crippen molar-refractivity contribution in [2.24, 2.45) is 5.92 Å². The molecule has 0 aromatic heterocycles. The van der Waals surface area contributed by atoms with Gasteiger partial charge in [0.2, 0.25) is 5.91 Å². The van der Waals surface area contributed by atoms with Crippen LogP contribution in [0.1, 0.15) is 37.9 Å². The van der Waals surface area contributed by atoms with Crippen LogP contribution in [0.2, 0.25) is 0 Å². The molecule has 0 saturated carbocycles. The minimum Gasteiger partial charge on any atom is -0.480 e. The second-order valence-electron chi connectivity index (χ2n) is 5.27. The molecule has 1 amide bonds. The van der Waals surface area contributed by atoms with E-state index in [1.807, 2.05) is 26.0 Å². The lowest BCUT2D eigenvalue weighted by Gasteiger charge is -2.23. The first-order valence-corrected chi connectivity index (χ1v) is 7.11. The van der Waals surface area contributed by atoms with E-state index in [0.29, 0.717) is 0 Å². The van der Waals surface area contributed by atoms with Gasteiger partial charge in [-0.15, -0.1) is 0 Å². The molecule has 2 N–H and O–H groups in total. The monoisotopic (exact) mass is 293 g/mol. The fraction of sp³-hybridized carbons (Fsp3) is 0.500. The first-order chi connectivity index (χ1) is 9.93.